The summed E-state index contributed by atoms with van der Waals surface area (Å²) in [5.41, 5.74) is 6.57. The molecule has 1 aromatic heterocycles. The Kier molecular flexibility index (Phi) is 3.55. The minimum absolute atomic E-state index is 0.496. The van der Waals surface area contributed by atoms with Gasteiger partial charge >= 0.3 is 0 Å². The van der Waals surface area contributed by atoms with Gasteiger partial charge in [-0.2, -0.15) is 0 Å². The van der Waals surface area contributed by atoms with Gasteiger partial charge in [-0.25, -0.2) is 0 Å². The fourth-order valence-corrected chi connectivity index (χ4v) is 4.15. The first-order valence-electron chi connectivity index (χ1n) is 9.21. The van der Waals surface area contributed by atoms with Crippen LogP contribution in [0.2, 0.25) is 0 Å². The molecule has 1 N–H and O–H groups in total. The predicted octanol–water partition coefficient (Wildman–Crippen LogP) is 4.18. The van der Waals surface area contributed by atoms with Crippen molar-refractivity contribution in [2.45, 2.75) is 19.5 Å². The molecule has 0 radical (unpaired) electrons. The van der Waals surface area contributed by atoms with Crippen molar-refractivity contribution in [2.75, 3.05) is 13.6 Å². The molecule has 3 heterocycles. The quantitative estimate of drug-likeness (QED) is 0.711. The molecule has 2 aliphatic rings. The first kappa shape index (κ1) is 15.6. The van der Waals surface area contributed by atoms with Gasteiger partial charge in [-0.05, 0) is 18.7 Å². The van der Waals surface area contributed by atoms with Crippen LogP contribution in [0.4, 0.5) is 5.69 Å². The van der Waals surface area contributed by atoms with Crippen molar-refractivity contribution >= 4 is 22.8 Å². The van der Waals surface area contributed by atoms with Crippen LogP contribution in [-0.2, 0) is 19.5 Å². The molecule has 3 aromatic rings. The summed E-state index contributed by atoms with van der Waals surface area (Å²) < 4.78 is 0.496. The first-order valence-corrected chi connectivity index (χ1v) is 9.21. The Morgan fingerprint density at radius 3 is 2.85 bits per heavy atom. The monoisotopic (exact) mass is 343 g/mol. The molecule has 0 amide bonds. The Morgan fingerprint density at radius 2 is 2.04 bits per heavy atom. The van der Waals surface area contributed by atoms with Crippen molar-refractivity contribution in [3.05, 3.63) is 77.6 Å². The molecule has 0 saturated carbocycles. The van der Waals surface area contributed by atoms with Crippen LogP contribution in [0.5, 0.6) is 0 Å². The number of likely N-dealkylation sites (N-methyl/N-ethyl adjacent to an activating group) is 1. The van der Waals surface area contributed by atoms with Gasteiger partial charge in [0.15, 0.2) is 5.69 Å². The summed E-state index contributed by atoms with van der Waals surface area (Å²) >= 11 is 0. The molecule has 2 aromatic carbocycles. The molecule has 4 heteroatoms. The van der Waals surface area contributed by atoms with Crippen LogP contribution >= 0.6 is 0 Å². The molecule has 26 heavy (non-hydrogen) atoms. The van der Waals surface area contributed by atoms with Gasteiger partial charge in [-0.1, -0.05) is 35.4 Å². The van der Waals surface area contributed by atoms with Gasteiger partial charge in [0.1, 0.15) is 12.7 Å². The number of hydrogen-bond donors (Lipinski definition) is 1. The van der Waals surface area contributed by atoms with E-state index in [1.54, 1.807) is 0 Å². The lowest BCUT2D eigenvalue weighted by atomic mass is 10.0. The highest BCUT2D eigenvalue weighted by Gasteiger charge is 2.32. The average molecular weight is 343 g/mol. The molecule has 130 valence electrons. The second-order valence-corrected chi connectivity index (χ2v) is 7.38. The molecule has 0 aliphatic carbocycles. The number of nitrogens with zero attached hydrogens (tertiary/aromatic N) is 3. The van der Waals surface area contributed by atoms with Gasteiger partial charge in [0.2, 0.25) is 0 Å². The lowest BCUT2D eigenvalue weighted by Gasteiger charge is -2.26. The van der Waals surface area contributed by atoms with E-state index in [1.165, 1.54) is 33.4 Å². The van der Waals surface area contributed by atoms with Gasteiger partial charge in [0, 0.05) is 59.9 Å². The molecule has 1 unspecified atom stereocenters. The van der Waals surface area contributed by atoms with E-state index < -0.39 is 0 Å². The lowest BCUT2D eigenvalue weighted by Crippen LogP contribution is -2.35. The molecule has 5 rings (SSSR count). The zero-order valence-corrected chi connectivity index (χ0v) is 15.0. The Bertz CT molecular complexity index is 1000. The van der Waals surface area contributed by atoms with Gasteiger partial charge < -0.3 is 9.88 Å². The molecule has 1 atom stereocenters. The topological polar surface area (TPSA) is 31.4 Å². The number of rotatable bonds is 3. The van der Waals surface area contributed by atoms with E-state index in [0.717, 1.165) is 26.1 Å². The fourth-order valence-electron chi connectivity index (χ4n) is 4.15. The minimum Gasteiger partial charge on any atom is -0.358 e. The summed E-state index contributed by atoms with van der Waals surface area (Å²) in [5.74, 6) is 0. The van der Waals surface area contributed by atoms with E-state index in [9.17, 15) is 0 Å². The van der Waals surface area contributed by atoms with Gasteiger partial charge in [0.05, 0.1) is 6.21 Å². The third-order valence-electron chi connectivity index (χ3n) is 5.55. The molecule has 0 saturated heterocycles. The van der Waals surface area contributed by atoms with Crippen LogP contribution in [0.1, 0.15) is 16.8 Å². The SMILES string of the molecule is CN1CCc2[nH]c3ccc([N+]4(Cc5ccccc5)C=CC=N4)cc3c2C1. The third-order valence-corrected chi connectivity index (χ3v) is 5.55. The largest absolute Gasteiger partial charge is 0.358 e. The van der Waals surface area contributed by atoms with E-state index >= 15 is 0 Å². The van der Waals surface area contributed by atoms with Crippen molar-refractivity contribution in [3.8, 4) is 0 Å². The van der Waals surface area contributed by atoms with Crippen LogP contribution < -0.4 is 4.59 Å². The molecule has 0 fully saturated rings. The summed E-state index contributed by atoms with van der Waals surface area (Å²) in [6, 6.07) is 17.4. The van der Waals surface area contributed by atoms with E-state index in [1.807, 2.05) is 12.3 Å². The summed E-state index contributed by atoms with van der Waals surface area (Å²) in [4.78, 5) is 6.02. The zero-order valence-electron chi connectivity index (χ0n) is 15.0. The standard InChI is InChI=1S/C22H23N4/c1-25-12-10-22-20(15-25)19-14-18(8-9-21(19)24-22)26(13-5-11-23-26)16-17-6-3-2-4-7-17/h2-9,11,13-14,24H,10,12,15-16H2,1H3/q+1. The third kappa shape index (κ3) is 2.50. The Morgan fingerprint density at radius 1 is 1.15 bits per heavy atom. The van der Waals surface area contributed by atoms with E-state index in [2.05, 4.69) is 71.7 Å². The Hall–Kier alpha value is -2.69. The summed E-state index contributed by atoms with van der Waals surface area (Å²) in [6.07, 6.45) is 7.23. The van der Waals surface area contributed by atoms with Crippen LogP contribution in [0.3, 0.4) is 0 Å². The van der Waals surface area contributed by atoms with Crippen molar-refractivity contribution in [2.24, 2.45) is 5.10 Å². The average Bonchev–Trinajstić information content (AvgIpc) is 3.27. The second kappa shape index (κ2) is 5.94. The van der Waals surface area contributed by atoms with Crippen LogP contribution in [0, 0.1) is 0 Å². The van der Waals surface area contributed by atoms with Gasteiger partial charge in [0.25, 0.3) is 0 Å². The smallest absolute Gasteiger partial charge is 0.165 e. The normalized spacial score (nSPS) is 22.2. The fraction of sp³-hybridized carbons (Fsp3) is 0.227. The molecular weight excluding hydrogens is 320 g/mol. The number of fused-ring (bicyclic) bond motifs is 3. The molecule has 0 bridgehead atoms. The van der Waals surface area contributed by atoms with Crippen LogP contribution in [-0.4, -0.2) is 29.7 Å². The number of aromatic amines is 1. The molecule has 0 spiro atoms. The maximum atomic E-state index is 4.83. The molecule has 2 aliphatic heterocycles. The highest BCUT2D eigenvalue weighted by atomic mass is 15.6. The summed E-state index contributed by atoms with van der Waals surface area (Å²) in [7, 11) is 2.20. The molecular formula is C22H23N4+. The van der Waals surface area contributed by atoms with Gasteiger partial charge in [-0.15, -0.1) is 4.59 Å². The number of hydrogen-bond acceptors (Lipinski definition) is 2. The number of quaternary nitrogens is 1. The number of nitrogens with one attached hydrogen (secondary N) is 1. The van der Waals surface area contributed by atoms with Crippen molar-refractivity contribution in [1.82, 2.24) is 14.5 Å². The zero-order chi connectivity index (χ0) is 17.6. The van der Waals surface area contributed by atoms with Crippen LogP contribution in [0.25, 0.3) is 10.9 Å². The van der Waals surface area contributed by atoms with Crippen molar-refractivity contribution in [1.29, 1.82) is 0 Å². The summed E-state index contributed by atoms with van der Waals surface area (Å²) in [6.45, 7) is 2.95. The maximum absolute atomic E-state index is 4.83. The number of allylic oxidation sites excluding steroid dienone is 1. The van der Waals surface area contributed by atoms with E-state index in [0.29, 0.717) is 4.59 Å². The van der Waals surface area contributed by atoms with Gasteiger partial charge in [-0.3, -0.25) is 0 Å². The Balaban J connectivity index is 1.61. The number of H-pyrrole nitrogens is 1. The van der Waals surface area contributed by atoms with Crippen molar-refractivity contribution in [3.63, 3.8) is 0 Å². The minimum atomic E-state index is 0.496. The highest BCUT2D eigenvalue weighted by molar-refractivity contribution is 5.88. The van der Waals surface area contributed by atoms with Crippen molar-refractivity contribution < 1.29 is 0 Å². The maximum Gasteiger partial charge on any atom is 0.165 e. The van der Waals surface area contributed by atoms with Crippen LogP contribution in [0.15, 0.2) is 65.9 Å². The first-order chi connectivity index (χ1) is 12.7. The Labute approximate surface area is 153 Å². The summed E-state index contributed by atoms with van der Waals surface area (Å²) in [5, 5.41) is 6.17. The molecule has 4 nitrogen and oxygen atoms in total. The number of aromatic nitrogens is 1. The van der Waals surface area contributed by atoms with E-state index in [4.69, 9.17) is 5.10 Å². The predicted molar refractivity (Wildman–Crippen MR) is 108 cm³/mol. The second-order valence-electron chi connectivity index (χ2n) is 7.38. The lowest BCUT2D eigenvalue weighted by molar-refractivity contribution is 0.313. The highest BCUT2D eigenvalue weighted by Crippen LogP contribution is 2.35. The van der Waals surface area contributed by atoms with E-state index in [-0.39, 0.29) is 0 Å². The number of benzene rings is 2.